The zero-order valence-corrected chi connectivity index (χ0v) is 11.2. The Hall–Kier alpha value is -1.94. The number of benzene rings is 2. The number of rotatable bonds is 5. The van der Waals surface area contributed by atoms with Gasteiger partial charge in [0.15, 0.2) is 0 Å². The zero-order valence-electron chi connectivity index (χ0n) is 11.2. The fraction of sp³-hybridized carbons (Fsp3) is 0.250. The van der Waals surface area contributed by atoms with Crippen LogP contribution in [0.4, 0.5) is 8.78 Å². The third-order valence-corrected chi connectivity index (χ3v) is 3.24. The molecule has 0 amide bonds. The van der Waals surface area contributed by atoms with E-state index in [0.29, 0.717) is 12.0 Å². The Morgan fingerprint density at radius 2 is 1.70 bits per heavy atom. The molecule has 0 bridgehead atoms. The van der Waals surface area contributed by atoms with Gasteiger partial charge in [-0.1, -0.05) is 42.5 Å². The molecule has 4 heteroatoms. The summed E-state index contributed by atoms with van der Waals surface area (Å²) in [5.41, 5.74) is 8.98. The van der Waals surface area contributed by atoms with Crippen molar-refractivity contribution in [2.45, 2.75) is 26.0 Å². The zero-order chi connectivity index (χ0) is 14.5. The number of aryl methyl sites for hydroxylation is 1. The number of hydrogen-bond donors (Lipinski definition) is 1. The van der Waals surface area contributed by atoms with E-state index >= 15 is 0 Å². The maximum absolute atomic E-state index is 12.4. The first kappa shape index (κ1) is 14.5. The average Bonchev–Trinajstić information content (AvgIpc) is 2.41. The summed E-state index contributed by atoms with van der Waals surface area (Å²) in [6.07, 6.45) is 0.580. The van der Waals surface area contributed by atoms with Gasteiger partial charge >= 0.3 is 6.61 Å². The van der Waals surface area contributed by atoms with Crippen LogP contribution in [-0.4, -0.2) is 6.61 Å². The van der Waals surface area contributed by atoms with Crippen LogP contribution in [0.5, 0.6) is 5.75 Å². The summed E-state index contributed by atoms with van der Waals surface area (Å²) in [4.78, 5) is 0. The van der Waals surface area contributed by atoms with Crippen LogP contribution in [0.1, 0.15) is 22.7 Å². The number of ether oxygens (including phenoxy) is 1. The SMILES string of the molecule is Cc1ccccc1CC(N)c1ccccc1OC(F)F. The highest BCUT2D eigenvalue weighted by molar-refractivity contribution is 5.37. The highest BCUT2D eigenvalue weighted by atomic mass is 19.3. The van der Waals surface area contributed by atoms with E-state index in [-0.39, 0.29) is 11.8 Å². The van der Waals surface area contributed by atoms with Gasteiger partial charge < -0.3 is 10.5 Å². The maximum Gasteiger partial charge on any atom is 0.387 e. The van der Waals surface area contributed by atoms with Gasteiger partial charge in [0.2, 0.25) is 0 Å². The molecule has 0 aromatic heterocycles. The van der Waals surface area contributed by atoms with Crippen molar-refractivity contribution in [3.8, 4) is 5.75 Å². The van der Waals surface area contributed by atoms with E-state index in [1.807, 2.05) is 31.2 Å². The lowest BCUT2D eigenvalue weighted by atomic mass is 9.96. The average molecular weight is 277 g/mol. The summed E-state index contributed by atoms with van der Waals surface area (Å²) in [6, 6.07) is 14.2. The minimum absolute atomic E-state index is 0.142. The molecule has 106 valence electrons. The van der Waals surface area contributed by atoms with Crippen LogP contribution >= 0.6 is 0 Å². The summed E-state index contributed by atoms with van der Waals surface area (Å²) in [5, 5.41) is 0. The summed E-state index contributed by atoms with van der Waals surface area (Å²) < 4.78 is 29.3. The number of para-hydroxylation sites is 1. The summed E-state index contributed by atoms with van der Waals surface area (Å²) in [5.74, 6) is 0.142. The molecule has 2 rings (SSSR count). The van der Waals surface area contributed by atoms with E-state index in [4.69, 9.17) is 5.73 Å². The Bertz CT molecular complexity index is 572. The standard InChI is InChI=1S/C16H17F2NO/c1-11-6-2-3-7-12(11)10-14(19)13-8-4-5-9-15(13)20-16(17)18/h2-9,14,16H,10,19H2,1H3. The Morgan fingerprint density at radius 3 is 2.40 bits per heavy atom. The van der Waals surface area contributed by atoms with Crippen molar-refractivity contribution in [3.05, 3.63) is 65.2 Å². The molecule has 2 aromatic carbocycles. The molecule has 0 aliphatic carbocycles. The lowest BCUT2D eigenvalue weighted by Gasteiger charge is -2.17. The van der Waals surface area contributed by atoms with E-state index in [2.05, 4.69) is 4.74 Å². The van der Waals surface area contributed by atoms with E-state index in [1.165, 1.54) is 6.07 Å². The smallest absolute Gasteiger partial charge is 0.387 e. The van der Waals surface area contributed by atoms with Gasteiger partial charge in [0.1, 0.15) is 5.75 Å². The van der Waals surface area contributed by atoms with Gasteiger partial charge in [0.05, 0.1) is 0 Å². The first-order valence-electron chi connectivity index (χ1n) is 6.41. The Labute approximate surface area is 117 Å². The number of halogens is 2. The summed E-state index contributed by atoms with van der Waals surface area (Å²) >= 11 is 0. The monoisotopic (exact) mass is 277 g/mol. The maximum atomic E-state index is 12.4. The Balaban J connectivity index is 2.21. The van der Waals surface area contributed by atoms with Gasteiger partial charge in [-0.3, -0.25) is 0 Å². The normalized spacial score (nSPS) is 12.4. The quantitative estimate of drug-likeness (QED) is 0.901. The molecule has 0 aliphatic rings. The van der Waals surface area contributed by atoms with Crippen molar-refractivity contribution in [1.82, 2.24) is 0 Å². The summed E-state index contributed by atoms with van der Waals surface area (Å²) in [6.45, 7) is -0.842. The molecule has 0 saturated heterocycles. The predicted molar refractivity (Wildman–Crippen MR) is 74.9 cm³/mol. The van der Waals surface area contributed by atoms with E-state index < -0.39 is 6.61 Å². The minimum Gasteiger partial charge on any atom is -0.434 e. The van der Waals surface area contributed by atoms with Crippen molar-refractivity contribution in [2.75, 3.05) is 0 Å². The molecule has 0 radical (unpaired) electrons. The second-order valence-corrected chi connectivity index (χ2v) is 4.65. The minimum atomic E-state index is -2.85. The summed E-state index contributed by atoms with van der Waals surface area (Å²) in [7, 11) is 0. The van der Waals surface area contributed by atoms with Gasteiger partial charge in [-0.15, -0.1) is 0 Å². The molecule has 0 fully saturated rings. The van der Waals surface area contributed by atoms with Crippen LogP contribution in [0.3, 0.4) is 0 Å². The van der Waals surface area contributed by atoms with Crippen molar-refractivity contribution in [2.24, 2.45) is 5.73 Å². The van der Waals surface area contributed by atoms with Crippen LogP contribution in [0.2, 0.25) is 0 Å². The number of nitrogens with two attached hydrogens (primary N) is 1. The molecule has 0 aliphatic heterocycles. The van der Waals surface area contributed by atoms with Crippen LogP contribution in [0.15, 0.2) is 48.5 Å². The predicted octanol–water partition coefficient (Wildman–Crippen LogP) is 3.84. The van der Waals surface area contributed by atoms with Crippen molar-refractivity contribution in [1.29, 1.82) is 0 Å². The second-order valence-electron chi connectivity index (χ2n) is 4.65. The van der Waals surface area contributed by atoms with Gasteiger partial charge in [-0.25, -0.2) is 0 Å². The topological polar surface area (TPSA) is 35.2 Å². The van der Waals surface area contributed by atoms with E-state index in [0.717, 1.165) is 11.1 Å². The van der Waals surface area contributed by atoms with E-state index in [9.17, 15) is 8.78 Å². The third kappa shape index (κ3) is 3.54. The van der Waals surface area contributed by atoms with Crippen LogP contribution in [0.25, 0.3) is 0 Å². The highest BCUT2D eigenvalue weighted by Gasteiger charge is 2.15. The molecule has 1 unspecified atom stereocenters. The van der Waals surface area contributed by atoms with Gasteiger partial charge in [0.25, 0.3) is 0 Å². The van der Waals surface area contributed by atoms with E-state index in [1.54, 1.807) is 18.2 Å². The van der Waals surface area contributed by atoms with Gasteiger partial charge in [-0.2, -0.15) is 8.78 Å². The molecule has 0 spiro atoms. The second kappa shape index (κ2) is 6.48. The molecule has 2 aromatic rings. The fourth-order valence-corrected chi connectivity index (χ4v) is 2.18. The number of alkyl halides is 2. The largest absolute Gasteiger partial charge is 0.434 e. The molecule has 2 nitrogen and oxygen atoms in total. The van der Waals surface area contributed by atoms with Crippen molar-refractivity contribution in [3.63, 3.8) is 0 Å². The fourth-order valence-electron chi connectivity index (χ4n) is 2.18. The van der Waals surface area contributed by atoms with Gasteiger partial charge in [0, 0.05) is 11.6 Å². The molecule has 20 heavy (non-hydrogen) atoms. The third-order valence-electron chi connectivity index (χ3n) is 3.24. The van der Waals surface area contributed by atoms with Crippen LogP contribution in [0, 0.1) is 6.92 Å². The first-order valence-corrected chi connectivity index (χ1v) is 6.41. The van der Waals surface area contributed by atoms with Crippen molar-refractivity contribution >= 4 is 0 Å². The highest BCUT2D eigenvalue weighted by Crippen LogP contribution is 2.27. The lowest BCUT2D eigenvalue weighted by Crippen LogP contribution is -2.16. The molecule has 2 N–H and O–H groups in total. The van der Waals surface area contributed by atoms with Gasteiger partial charge in [-0.05, 0) is 30.5 Å². The lowest BCUT2D eigenvalue weighted by molar-refractivity contribution is -0.0506. The molecular formula is C16H17F2NO. The molecule has 0 saturated carbocycles. The first-order chi connectivity index (χ1) is 9.58. The number of hydrogen-bond acceptors (Lipinski definition) is 2. The molecule has 0 heterocycles. The Kier molecular flexibility index (Phi) is 4.69. The van der Waals surface area contributed by atoms with Crippen molar-refractivity contribution < 1.29 is 13.5 Å². The molecular weight excluding hydrogens is 260 g/mol. The van der Waals surface area contributed by atoms with Crippen LogP contribution in [-0.2, 0) is 6.42 Å². The molecule has 1 atom stereocenters. The Morgan fingerprint density at radius 1 is 1.05 bits per heavy atom. The van der Waals surface area contributed by atoms with Crippen LogP contribution < -0.4 is 10.5 Å².